The minimum atomic E-state index is -1.02. The molecule has 13 heavy (non-hydrogen) atoms. The molecule has 1 atom stereocenters. The van der Waals surface area contributed by atoms with Gasteiger partial charge in [0.15, 0.2) is 0 Å². The third-order valence-corrected chi connectivity index (χ3v) is 2.27. The van der Waals surface area contributed by atoms with E-state index in [0.717, 1.165) is 0 Å². The molecule has 0 aromatic carbocycles. The maximum Gasteiger partial charge on any atom is 0.147 e. The molecule has 0 aliphatic rings. The summed E-state index contributed by atoms with van der Waals surface area (Å²) in [7, 11) is 1.57. The van der Waals surface area contributed by atoms with Crippen LogP contribution in [-0.4, -0.2) is 18.8 Å². The molecular weight excluding hydrogens is 168 g/mol. The average Bonchev–Trinajstić information content (AvgIpc) is 2.56. The Hall–Kier alpha value is -0.800. The molecule has 1 rings (SSSR count). The van der Waals surface area contributed by atoms with Crippen molar-refractivity contribution in [2.75, 3.05) is 13.7 Å². The lowest BCUT2D eigenvalue weighted by molar-refractivity contribution is -0.0841. The lowest BCUT2D eigenvalue weighted by Gasteiger charge is -2.29. The van der Waals surface area contributed by atoms with Gasteiger partial charge in [-0.2, -0.15) is 0 Å². The number of hydrogen-bond acceptors (Lipinski definition) is 3. The normalized spacial score (nSPS) is 16.1. The van der Waals surface area contributed by atoms with E-state index in [1.807, 2.05) is 13.8 Å². The first kappa shape index (κ1) is 10.3. The Balaban J connectivity index is 2.91. The van der Waals surface area contributed by atoms with Crippen molar-refractivity contribution in [1.82, 2.24) is 0 Å². The zero-order chi connectivity index (χ0) is 9.90. The average molecular weight is 184 g/mol. The summed E-state index contributed by atoms with van der Waals surface area (Å²) in [5.74, 6) is 0.614. The summed E-state index contributed by atoms with van der Waals surface area (Å²) in [5.41, 5.74) is -1.02. The highest BCUT2D eigenvalue weighted by molar-refractivity contribution is 5.10. The lowest BCUT2D eigenvalue weighted by atomic mass is 9.89. The zero-order valence-electron chi connectivity index (χ0n) is 8.28. The van der Waals surface area contributed by atoms with Gasteiger partial charge in [-0.1, -0.05) is 13.8 Å². The molecule has 1 aromatic heterocycles. The Morgan fingerprint density at radius 1 is 1.62 bits per heavy atom. The number of furan rings is 1. The number of aliphatic hydroxyl groups is 1. The highest BCUT2D eigenvalue weighted by Gasteiger charge is 2.35. The largest absolute Gasteiger partial charge is 0.466 e. The molecule has 1 heterocycles. The van der Waals surface area contributed by atoms with Gasteiger partial charge in [-0.3, -0.25) is 0 Å². The molecule has 0 spiro atoms. The van der Waals surface area contributed by atoms with E-state index in [2.05, 4.69) is 0 Å². The Morgan fingerprint density at radius 3 is 2.69 bits per heavy atom. The second-order valence-corrected chi connectivity index (χ2v) is 3.49. The second-order valence-electron chi connectivity index (χ2n) is 3.49. The molecular formula is C10H16O3. The van der Waals surface area contributed by atoms with E-state index in [1.54, 1.807) is 25.5 Å². The molecule has 0 aliphatic carbocycles. The first-order chi connectivity index (χ1) is 6.11. The molecule has 1 unspecified atom stereocenters. The summed E-state index contributed by atoms with van der Waals surface area (Å²) in [5, 5.41) is 10.2. The van der Waals surface area contributed by atoms with Crippen LogP contribution in [-0.2, 0) is 10.3 Å². The highest BCUT2D eigenvalue weighted by atomic mass is 16.5. The van der Waals surface area contributed by atoms with E-state index in [9.17, 15) is 5.11 Å². The molecule has 0 fully saturated rings. The van der Waals surface area contributed by atoms with E-state index >= 15 is 0 Å². The fraction of sp³-hybridized carbons (Fsp3) is 0.600. The lowest BCUT2D eigenvalue weighted by Crippen LogP contribution is -2.36. The predicted molar refractivity (Wildman–Crippen MR) is 49.3 cm³/mol. The number of ether oxygens (including phenoxy) is 1. The number of methoxy groups -OCH3 is 1. The van der Waals surface area contributed by atoms with Crippen LogP contribution in [0.25, 0.3) is 0 Å². The van der Waals surface area contributed by atoms with Crippen LogP contribution < -0.4 is 0 Å². The van der Waals surface area contributed by atoms with Crippen molar-refractivity contribution in [3.8, 4) is 0 Å². The van der Waals surface area contributed by atoms with E-state index < -0.39 is 5.60 Å². The first-order valence-electron chi connectivity index (χ1n) is 4.36. The summed E-state index contributed by atoms with van der Waals surface area (Å²) in [4.78, 5) is 0. The van der Waals surface area contributed by atoms with Crippen LogP contribution in [0.15, 0.2) is 22.8 Å². The third kappa shape index (κ3) is 1.92. The number of rotatable bonds is 4. The second kappa shape index (κ2) is 3.94. The van der Waals surface area contributed by atoms with Crippen molar-refractivity contribution in [2.45, 2.75) is 19.4 Å². The topological polar surface area (TPSA) is 42.6 Å². The smallest absolute Gasteiger partial charge is 0.147 e. The van der Waals surface area contributed by atoms with Gasteiger partial charge in [0, 0.05) is 7.11 Å². The maximum absolute atomic E-state index is 10.2. The summed E-state index contributed by atoms with van der Waals surface area (Å²) < 4.78 is 10.2. The summed E-state index contributed by atoms with van der Waals surface area (Å²) >= 11 is 0. The summed E-state index contributed by atoms with van der Waals surface area (Å²) in [6.45, 7) is 4.11. The van der Waals surface area contributed by atoms with Crippen molar-refractivity contribution in [3.63, 3.8) is 0 Å². The number of hydrogen-bond donors (Lipinski definition) is 1. The molecule has 3 nitrogen and oxygen atoms in total. The highest BCUT2D eigenvalue weighted by Crippen LogP contribution is 2.29. The monoisotopic (exact) mass is 184 g/mol. The molecule has 0 bridgehead atoms. The molecule has 1 N–H and O–H groups in total. The van der Waals surface area contributed by atoms with Crippen molar-refractivity contribution < 1.29 is 14.3 Å². The van der Waals surface area contributed by atoms with E-state index in [0.29, 0.717) is 5.76 Å². The van der Waals surface area contributed by atoms with Gasteiger partial charge in [0.05, 0.1) is 12.9 Å². The molecule has 3 heteroatoms. The van der Waals surface area contributed by atoms with Gasteiger partial charge in [0.1, 0.15) is 11.4 Å². The Bertz CT molecular complexity index is 241. The molecule has 0 saturated carbocycles. The van der Waals surface area contributed by atoms with Crippen LogP contribution in [0.4, 0.5) is 0 Å². The predicted octanol–water partition coefficient (Wildman–Crippen LogP) is 1.77. The van der Waals surface area contributed by atoms with Crippen molar-refractivity contribution >= 4 is 0 Å². The van der Waals surface area contributed by atoms with Crippen molar-refractivity contribution in [3.05, 3.63) is 24.2 Å². The minimum absolute atomic E-state index is 0.0543. The quantitative estimate of drug-likeness (QED) is 0.775. The molecule has 0 amide bonds. The van der Waals surface area contributed by atoms with E-state index in [4.69, 9.17) is 9.15 Å². The fourth-order valence-electron chi connectivity index (χ4n) is 1.27. The Morgan fingerprint density at radius 2 is 2.31 bits per heavy atom. The van der Waals surface area contributed by atoms with Crippen LogP contribution in [0, 0.1) is 5.92 Å². The van der Waals surface area contributed by atoms with Crippen LogP contribution in [0.5, 0.6) is 0 Å². The fourth-order valence-corrected chi connectivity index (χ4v) is 1.27. The van der Waals surface area contributed by atoms with Gasteiger partial charge >= 0.3 is 0 Å². The van der Waals surface area contributed by atoms with Gasteiger partial charge in [0.25, 0.3) is 0 Å². The van der Waals surface area contributed by atoms with E-state index in [1.165, 1.54) is 0 Å². The summed E-state index contributed by atoms with van der Waals surface area (Å²) in [6.07, 6.45) is 1.55. The molecule has 1 aromatic rings. The molecule has 0 aliphatic heterocycles. The SMILES string of the molecule is COCC(O)(c1ccco1)C(C)C. The van der Waals surface area contributed by atoms with Crippen LogP contribution in [0.1, 0.15) is 19.6 Å². The minimum Gasteiger partial charge on any atom is -0.466 e. The van der Waals surface area contributed by atoms with Gasteiger partial charge in [-0.15, -0.1) is 0 Å². The molecule has 74 valence electrons. The Labute approximate surface area is 78.3 Å². The van der Waals surface area contributed by atoms with Gasteiger partial charge in [0.2, 0.25) is 0 Å². The first-order valence-corrected chi connectivity index (χ1v) is 4.36. The van der Waals surface area contributed by atoms with Crippen molar-refractivity contribution in [2.24, 2.45) is 5.92 Å². The van der Waals surface area contributed by atoms with Crippen LogP contribution in [0.3, 0.4) is 0 Å². The van der Waals surface area contributed by atoms with Gasteiger partial charge < -0.3 is 14.3 Å². The van der Waals surface area contributed by atoms with Crippen LogP contribution >= 0.6 is 0 Å². The molecule has 0 saturated heterocycles. The standard InChI is InChI=1S/C10H16O3/c1-8(2)10(11,7-12-3)9-5-4-6-13-9/h4-6,8,11H,7H2,1-3H3. The van der Waals surface area contributed by atoms with Crippen LogP contribution in [0.2, 0.25) is 0 Å². The Kier molecular flexibility index (Phi) is 3.12. The zero-order valence-corrected chi connectivity index (χ0v) is 8.28. The van der Waals surface area contributed by atoms with Crippen molar-refractivity contribution in [1.29, 1.82) is 0 Å². The van der Waals surface area contributed by atoms with E-state index in [-0.39, 0.29) is 12.5 Å². The van der Waals surface area contributed by atoms with Gasteiger partial charge in [-0.05, 0) is 18.1 Å². The molecule has 0 radical (unpaired) electrons. The summed E-state index contributed by atoms with van der Waals surface area (Å²) in [6, 6.07) is 3.53. The third-order valence-electron chi connectivity index (χ3n) is 2.27. The van der Waals surface area contributed by atoms with Gasteiger partial charge in [-0.25, -0.2) is 0 Å². The maximum atomic E-state index is 10.2.